The van der Waals surface area contributed by atoms with Gasteiger partial charge in [-0.1, -0.05) is 20.8 Å². The van der Waals surface area contributed by atoms with Crippen LogP contribution in [0.3, 0.4) is 0 Å². The van der Waals surface area contributed by atoms with Gasteiger partial charge in [-0.2, -0.15) is 10.2 Å². The van der Waals surface area contributed by atoms with Gasteiger partial charge in [0.25, 0.3) is 0 Å². The summed E-state index contributed by atoms with van der Waals surface area (Å²) in [4.78, 5) is 0. The van der Waals surface area contributed by atoms with Crippen molar-refractivity contribution in [3.63, 3.8) is 0 Å². The molecule has 0 fully saturated rings. The average Bonchev–Trinajstić information content (AvgIpc) is 2.33. The van der Waals surface area contributed by atoms with Crippen molar-refractivity contribution in [2.75, 3.05) is 13.1 Å². The summed E-state index contributed by atoms with van der Waals surface area (Å²) in [6, 6.07) is 2.70. The summed E-state index contributed by atoms with van der Waals surface area (Å²) >= 11 is 0. The van der Waals surface area contributed by atoms with Crippen molar-refractivity contribution in [1.82, 2.24) is 20.8 Å². The van der Waals surface area contributed by atoms with Gasteiger partial charge in [-0.3, -0.25) is 0 Å². The molecule has 1 aromatic rings. The second-order valence-corrected chi connectivity index (χ2v) is 4.95. The zero-order valence-electron chi connectivity index (χ0n) is 12.1. The van der Waals surface area contributed by atoms with Crippen LogP contribution in [0.2, 0.25) is 0 Å². The zero-order valence-corrected chi connectivity index (χ0v) is 12.1. The highest BCUT2D eigenvalue weighted by Crippen LogP contribution is 2.06. The van der Waals surface area contributed by atoms with E-state index < -0.39 is 0 Å². The lowest BCUT2D eigenvalue weighted by molar-refractivity contribution is 0.546. The monoisotopic (exact) mass is 250 g/mol. The molecule has 0 aliphatic carbocycles. The van der Waals surface area contributed by atoms with E-state index >= 15 is 0 Å². The number of rotatable bonds is 8. The number of nitrogens with zero attached hydrogens (tertiary/aromatic N) is 2. The smallest absolute Gasteiger partial charge is 0.0673 e. The molecule has 0 atom stereocenters. The molecule has 0 spiro atoms. The van der Waals surface area contributed by atoms with E-state index in [2.05, 4.69) is 47.7 Å². The normalized spacial score (nSPS) is 11.2. The second-order valence-electron chi connectivity index (χ2n) is 4.95. The van der Waals surface area contributed by atoms with E-state index in [0.29, 0.717) is 6.04 Å². The maximum absolute atomic E-state index is 4.23. The van der Waals surface area contributed by atoms with E-state index in [-0.39, 0.29) is 0 Å². The molecule has 1 rings (SSSR count). The van der Waals surface area contributed by atoms with Crippen molar-refractivity contribution in [1.29, 1.82) is 0 Å². The fraction of sp³-hybridized carbons (Fsp3) is 0.714. The van der Waals surface area contributed by atoms with Gasteiger partial charge >= 0.3 is 0 Å². The van der Waals surface area contributed by atoms with Crippen LogP contribution in [0.15, 0.2) is 6.07 Å². The highest BCUT2D eigenvalue weighted by atomic mass is 15.1. The number of hydrogen-bond donors (Lipinski definition) is 2. The molecule has 4 nitrogen and oxygen atoms in total. The van der Waals surface area contributed by atoms with Crippen LogP contribution in [-0.4, -0.2) is 29.3 Å². The van der Waals surface area contributed by atoms with Gasteiger partial charge in [0.2, 0.25) is 0 Å². The minimum Gasteiger partial charge on any atom is -0.314 e. The van der Waals surface area contributed by atoms with Gasteiger partial charge in [0, 0.05) is 12.6 Å². The van der Waals surface area contributed by atoms with Crippen LogP contribution < -0.4 is 10.6 Å². The molecule has 2 N–H and O–H groups in total. The van der Waals surface area contributed by atoms with Crippen molar-refractivity contribution in [3.8, 4) is 0 Å². The third-order valence-corrected chi connectivity index (χ3v) is 2.82. The van der Waals surface area contributed by atoms with Gasteiger partial charge in [-0.05, 0) is 44.5 Å². The maximum Gasteiger partial charge on any atom is 0.0673 e. The molecule has 1 aromatic heterocycles. The van der Waals surface area contributed by atoms with Crippen molar-refractivity contribution < 1.29 is 0 Å². The molecular weight excluding hydrogens is 224 g/mol. The summed E-state index contributed by atoms with van der Waals surface area (Å²) < 4.78 is 0. The van der Waals surface area contributed by atoms with E-state index in [0.717, 1.165) is 43.9 Å². The lowest BCUT2D eigenvalue weighted by Crippen LogP contribution is -2.27. The average molecular weight is 250 g/mol. The number of aryl methyl sites for hydroxylation is 2. The molecule has 0 saturated heterocycles. The number of aromatic nitrogens is 2. The van der Waals surface area contributed by atoms with Gasteiger partial charge < -0.3 is 10.6 Å². The zero-order chi connectivity index (χ0) is 13.4. The van der Waals surface area contributed by atoms with E-state index in [4.69, 9.17) is 0 Å². The van der Waals surface area contributed by atoms with Crippen molar-refractivity contribution in [3.05, 3.63) is 23.0 Å². The Morgan fingerprint density at radius 3 is 2.67 bits per heavy atom. The lowest BCUT2D eigenvalue weighted by Gasteiger charge is -2.10. The predicted octanol–water partition coefficient (Wildman–Crippen LogP) is 1.83. The molecule has 0 saturated carbocycles. The summed E-state index contributed by atoms with van der Waals surface area (Å²) in [5.74, 6) is 0. The summed E-state index contributed by atoms with van der Waals surface area (Å²) in [5.41, 5.74) is 3.38. The minimum atomic E-state index is 0.573. The SMILES string of the molecule is CCc1nnc(C)cc1CNCCCNC(C)C. The first-order valence-corrected chi connectivity index (χ1v) is 6.89. The van der Waals surface area contributed by atoms with Crippen molar-refractivity contribution in [2.45, 2.75) is 53.1 Å². The van der Waals surface area contributed by atoms with Crippen LogP contribution in [0.25, 0.3) is 0 Å². The third kappa shape index (κ3) is 5.56. The molecule has 1 heterocycles. The standard InChI is InChI=1S/C14H26N4/c1-5-14-13(9-12(4)17-18-14)10-15-7-6-8-16-11(2)3/h9,11,15-16H,5-8,10H2,1-4H3. The lowest BCUT2D eigenvalue weighted by atomic mass is 10.1. The largest absolute Gasteiger partial charge is 0.314 e. The van der Waals surface area contributed by atoms with Gasteiger partial charge in [0.05, 0.1) is 11.4 Å². The first-order chi connectivity index (χ1) is 8.63. The number of hydrogen-bond acceptors (Lipinski definition) is 4. The summed E-state index contributed by atoms with van der Waals surface area (Å²) in [6.45, 7) is 11.4. The van der Waals surface area contributed by atoms with E-state index in [9.17, 15) is 0 Å². The minimum absolute atomic E-state index is 0.573. The molecule has 0 bridgehead atoms. The van der Waals surface area contributed by atoms with Crippen molar-refractivity contribution in [2.24, 2.45) is 0 Å². The number of nitrogens with one attached hydrogen (secondary N) is 2. The van der Waals surface area contributed by atoms with Gasteiger partial charge in [-0.25, -0.2) is 0 Å². The molecule has 102 valence electrons. The fourth-order valence-corrected chi connectivity index (χ4v) is 1.85. The summed E-state index contributed by atoms with van der Waals surface area (Å²) in [5, 5.41) is 15.2. The Kier molecular flexibility index (Phi) is 6.83. The summed E-state index contributed by atoms with van der Waals surface area (Å²) in [6.07, 6.45) is 2.09. The highest BCUT2D eigenvalue weighted by molar-refractivity contribution is 5.20. The molecule has 18 heavy (non-hydrogen) atoms. The van der Waals surface area contributed by atoms with Crippen LogP contribution in [0.1, 0.15) is 44.1 Å². The molecule has 0 aliphatic rings. The van der Waals surface area contributed by atoms with Gasteiger partial charge in [0.15, 0.2) is 0 Å². The van der Waals surface area contributed by atoms with Gasteiger partial charge in [-0.15, -0.1) is 0 Å². The molecule has 0 aromatic carbocycles. The van der Waals surface area contributed by atoms with Crippen LogP contribution >= 0.6 is 0 Å². The molecule has 0 unspecified atom stereocenters. The quantitative estimate of drug-likeness (QED) is 0.691. The maximum atomic E-state index is 4.23. The van der Waals surface area contributed by atoms with E-state index in [1.165, 1.54) is 5.56 Å². The molecule has 4 heteroatoms. The summed E-state index contributed by atoms with van der Waals surface area (Å²) in [7, 11) is 0. The van der Waals surface area contributed by atoms with E-state index in [1.807, 2.05) is 6.92 Å². The Bertz CT molecular complexity index is 350. The fourth-order valence-electron chi connectivity index (χ4n) is 1.85. The molecule has 0 radical (unpaired) electrons. The topological polar surface area (TPSA) is 49.8 Å². The first-order valence-electron chi connectivity index (χ1n) is 6.89. The second kappa shape index (κ2) is 8.16. The molecule has 0 amide bonds. The molecule has 0 aliphatic heterocycles. The predicted molar refractivity (Wildman–Crippen MR) is 75.6 cm³/mol. The third-order valence-electron chi connectivity index (χ3n) is 2.82. The van der Waals surface area contributed by atoms with Crippen LogP contribution in [-0.2, 0) is 13.0 Å². The van der Waals surface area contributed by atoms with Crippen molar-refractivity contribution >= 4 is 0 Å². The van der Waals surface area contributed by atoms with Gasteiger partial charge in [0.1, 0.15) is 0 Å². The van der Waals surface area contributed by atoms with Crippen LogP contribution in [0, 0.1) is 6.92 Å². The first kappa shape index (κ1) is 15.1. The molecular formula is C14H26N4. The Hall–Kier alpha value is -1.00. The Balaban J connectivity index is 2.28. The highest BCUT2D eigenvalue weighted by Gasteiger charge is 2.03. The van der Waals surface area contributed by atoms with Crippen LogP contribution in [0.4, 0.5) is 0 Å². The Morgan fingerprint density at radius 2 is 2.00 bits per heavy atom. The van der Waals surface area contributed by atoms with E-state index in [1.54, 1.807) is 0 Å². The Labute approximate surface area is 111 Å². The van der Waals surface area contributed by atoms with Crippen LogP contribution in [0.5, 0.6) is 0 Å². The Morgan fingerprint density at radius 1 is 1.22 bits per heavy atom.